The van der Waals surface area contributed by atoms with Gasteiger partial charge in [-0.25, -0.2) is 4.98 Å². The zero-order chi connectivity index (χ0) is 18.6. The van der Waals surface area contributed by atoms with Crippen molar-refractivity contribution in [3.63, 3.8) is 0 Å². The van der Waals surface area contributed by atoms with E-state index in [2.05, 4.69) is 48.4 Å². The Labute approximate surface area is 153 Å². The molecular formula is C19H24N4OS. The summed E-state index contributed by atoms with van der Waals surface area (Å²) >= 11 is 1.36. The Hall–Kier alpha value is -2.26. The maximum Gasteiger partial charge on any atom is 0.231 e. The van der Waals surface area contributed by atoms with E-state index in [1.54, 1.807) is 13.1 Å². The highest BCUT2D eigenvalue weighted by Crippen LogP contribution is 2.23. The molecule has 1 amide bonds. The number of amides is 1. The van der Waals surface area contributed by atoms with Crippen LogP contribution in [0.25, 0.3) is 5.69 Å². The fraction of sp³-hybridized carbons (Fsp3) is 0.421. The third kappa shape index (κ3) is 4.64. The highest BCUT2D eigenvalue weighted by Gasteiger charge is 2.29. The lowest BCUT2D eigenvalue weighted by Crippen LogP contribution is -2.49. The summed E-state index contributed by atoms with van der Waals surface area (Å²) < 4.78 is 1.98. The second kappa shape index (κ2) is 7.75. The van der Waals surface area contributed by atoms with Crippen LogP contribution in [-0.4, -0.2) is 26.8 Å². The molecule has 0 saturated heterocycles. The van der Waals surface area contributed by atoms with Crippen LogP contribution in [-0.2, 0) is 4.79 Å². The molecule has 6 heteroatoms. The molecule has 0 radical (unpaired) electrons. The fourth-order valence-electron chi connectivity index (χ4n) is 2.44. The predicted octanol–water partition coefficient (Wildman–Crippen LogP) is 3.64. The molecule has 25 heavy (non-hydrogen) atoms. The summed E-state index contributed by atoms with van der Waals surface area (Å²) in [5.41, 5.74) is 2.53. The van der Waals surface area contributed by atoms with E-state index >= 15 is 0 Å². The number of carbonyl (C=O) groups is 1. The molecule has 0 unspecified atom stereocenters. The molecule has 0 spiro atoms. The van der Waals surface area contributed by atoms with Crippen LogP contribution in [0, 0.1) is 31.1 Å². The van der Waals surface area contributed by atoms with E-state index in [4.69, 9.17) is 0 Å². The van der Waals surface area contributed by atoms with Gasteiger partial charge in [0.1, 0.15) is 5.54 Å². The Morgan fingerprint density at radius 1 is 1.36 bits per heavy atom. The molecule has 132 valence electrons. The van der Waals surface area contributed by atoms with Crippen molar-refractivity contribution in [2.45, 2.75) is 45.3 Å². The number of benzene rings is 1. The summed E-state index contributed by atoms with van der Waals surface area (Å²) in [6.45, 7) is 9.70. The fourth-order valence-corrected chi connectivity index (χ4v) is 3.21. The first-order chi connectivity index (χ1) is 11.7. The lowest BCUT2D eigenvalue weighted by atomic mass is 9.90. The lowest BCUT2D eigenvalue weighted by molar-refractivity contribution is -0.120. The Bertz CT molecular complexity index is 786. The maximum absolute atomic E-state index is 12.3. The molecule has 0 fully saturated rings. The summed E-state index contributed by atoms with van der Waals surface area (Å²) in [4.78, 5) is 16.6. The average molecular weight is 356 g/mol. The van der Waals surface area contributed by atoms with Gasteiger partial charge in [-0.1, -0.05) is 31.7 Å². The predicted molar refractivity (Wildman–Crippen MR) is 101 cm³/mol. The normalized spacial score (nSPS) is 13.3. The Balaban J connectivity index is 2.09. The smallest absolute Gasteiger partial charge is 0.231 e. The molecule has 2 rings (SSSR count). The third-order valence-electron chi connectivity index (χ3n) is 4.21. The number of rotatable bonds is 6. The Morgan fingerprint density at radius 3 is 2.56 bits per heavy atom. The van der Waals surface area contributed by atoms with Crippen LogP contribution < -0.4 is 5.32 Å². The van der Waals surface area contributed by atoms with E-state index in [1.165, 1.54) is 22.9 Å². The monoisotopic (exact) mass is 356 g/mol. The zero-order valence-electron chi connectivity index (χ0n) is 15.3. The second-order valence-corrected chi connectivity index (χ2v) is 7.67. The summed E-state index contributed by atoms with van der Waals surface area (Å²) in [5, 5.41) is 12.9. The Kier molecular flexibility index (Phi) is 5.91. The van der Waals surface area contributed by atoms with Crippen LogP contribution >= 0.6 is 11.8 Å². The first-order valence-electron chi connectivity index (χ1n) is 8.22. The van der Waals surface area contributed by atoms with Gasteiger partial charge >= 0.3 is 0 Å². The number of nitrogens with one attached hydrogen (secondary N) is 1. The van der Waals surface area contributed by atoms with E-state index in [1.807, 2.05) is 24.6 Å². The number of hydrogen-bond acceptors (Lipinski definition) is 4. The molecule has 0 saturated carbocycles. The lowest BCUT2D eigenvalue weighted by Gasteiger charge is -2.27. The SMILES string of the molecule is Cc1cc(C)cc(-n2ccnc2SCC(=O)N[C@](C)(C#N)C(C)C)c1. The van der Waals surface area contributed by atoms with Gasteiger partial charge in [0.2, 0.25) is 5.91 Å². The first-order valence-corrected chi connectivity index (χ1v) is 9.21. The van der Waals surface area contributed by atoms with Gasteiger partial charge in [0, 0.05) is 18.1 Å². The van der Waals surface area contributed by atoms with Crippen molar-refractivity contribution in [1.29, 1.82) is 5.26 Å². The van der Waals surface area contributed by atoms with Gasteiger partial charge < -0.3 is 5.32 Å². The van der Waals surface area contributed by atoms with Crippen LogP contribution in [0.5, 0.6) is 0 Å². The van der Waals surface area contributed by atoms with Crippen molar-refractivity contribution < 1.29 is 4.79 Å². The van der Waals surface area contributed by atoms with E-state index in [0.717, 1.165) is 10.8 Å². The molecule has 1 atom stereocenters. The number of aryl methyl sites for hydroxylation is 2. The highest BCUT2D eigenvalue weighted by molar-refractivity contribution is 7.99. The molecule has 1 heterocycles. The standard InChI is InChI=1S/C19H24N4OS/c1-13(2)19(5,12-20)22-17(24)11-25-18-21-6-7-23(18)16-9-14(3)8-15(4)10-16/h6-10,13H,11H2,1-5H3,(H,22,24)/t19-/m1/s1. The molecular weight excluding hydrogens is 332 g/mol. The van der Waals surface area contributed by atoms with Gasteiger partial charge in [0.05, 0.1) is 11.8 Å². The molecule has 5 nitrogen and oxygen atoms in total. The summed E-state index contributed by atoms with van der Waals surface area (Å²) in [7, 11) is 0. The van der Waals surface area contributed by atoms with Crippen LogP contribution in [0.2, 0.25) is 0 Å². The number of nitrogens with zero attached hydrogens (tertiary/aromatic N) is 3. The van der Waals surface area contributed by atoms with Crippen LogP contribution in [0.1, 0.15) is 31.9 Å². The minimum absolute atomic E-state index is 0.0312. The summed E-state index contributed by atoms with van der Waals surface area (Å²) in [6, 6.07) is 8.49. The van der Waals surface area contributed by atoms with Crippen LogP contribution in [0.4, 0.5) is 0 Å². The van der Waals surface area contributed by atoms with Crippen molar-refractivity contribution in [3.8, 4) is 11.8 Å². The molecule has 0 bridgehead atoms. The molecule has 1 aromatic heterocycles. The van der Waals surface area contributed by atoms with Crippen LogP contribution in [0.15, 0.2) is 35.7 Å². The topological polar surface area (TPSA) is 70.7 Å². The Morgan fingerprint density at radius 2 is 2.00 bits per heavy atom. The maximum atomic E-state index is 12.3. The van der Waals surface area contributed by atoms with E-state index in [0.29, 0.717) is 0 Å². The number of nitriles is 1. The molecule has 0 aliphatic carbocycles. The number of aromatic nitrogens is 2. The molecule has 1 aromatic carbocycles. The summed E-state index contributed by atoms with van der Waals surface area (Å²) in [6.07, 6.45) is 3.62. The van der Waals surface area contributed by atoms with Gasteiger partial charge in [-0.2, -0.15) is 5.26 Å². The van der Waals surface area contributed by atoms with E-state index in [-0.39, 0.29) is 17.6 Å². The zero-order valence-corrected chi connectivity index (χ0v) is 16.1. The molecule has 0 aliphatic heterocycles. The number of hydrogen-bond donors (Lipinski definition) is 1. The number of carbonyl (C=O) groups excluding carboxylic acids is 1. The quantitative estimate of drug-likeness (QED) is 0.802. The van der Waals surface area contributed by atoms with Gasteiger partial charge in [-0.05, 0) is 49.9 Å². The first kappa shape index (κ1) is 19.1. The highest BCUT2D eigenvalue weighted by atomic mass is 32.2. The van der Waals surface area contributed by atoms with E-state index < -0.39 is 5.54 Å². The minimum Gasteiger partial charge on any atom is -0.337 e. The van der Waals surface area contributed by atoms with Gasteiger partial charge in [-0.15, -0.1) is 0 Å². The molecule has 2 aromatic rings. The second-order valence-electron chi connectivity index (χ2n) is 6.73. The van der Waals surface area contributed by atoms with Crippen LogP contribution in [0.3, 0.4) is 0 Å². The number of imidazole rings is 1. The minimum atomic E-state index is -0.860. The van der Waals surface area contributed by atoms with Gasteiger partial charge in [-0.3, -0.25) is 9.36 Å². The molecule has 1 N–H and O–H groups in total. The van der Waals surface area contributed by atoms with Gasteiger partial charge in [0.15, 0.2) is 5.16 Å². The van der Waals surface area contributed by atoms with Crippen molar-refractivity contribution in [2.75, 3.05) is 5.75 Å². The van der Waals surface area contributed by atoms with Gasteiger partial charge in [0.25, 0.3) is 0 Å². The average Bonchev–Trinajstić information content (AvgIpc) is 3.00. The van der Waals surface area contributed by atoms with Crippen molar-refractivity contribution >= 4 is 17.7 Å². The van der Waals surface area contributed by atoms with Crippen molar-refractivity contribution in [3.05, 3.63) is 41.7 Å². The largest absolute Gasteiger partial charge is 0.337 e. The molecule has 0 aliphatic rings. The van der Waals surface area contributed by atoms with Crippen molar-refractivity contribution in [1.82, 2.24) is 14.9 Å². The van der Waals surface area contributed by atoms with E-state index in [9.17, 15) is 10.1 Å². The number of thioether (sulfide) groups is 1. The third-order valence-corrected chi connectivity index (χ3v) is 5.18. The summed E-state index contributed by atoms with van der Waals surface area (Å²) in [5.74, 6) is 0.0765. The van der Waals surface area contributed by atoms with Crippen molar-refractivity contribution in [2.24, 2.45) is 5.92 Å².